The second-order valence-corrected chi connectivity index (χ2v) is 7.05. The number of aryl methyl sites for hydroxylation is 1. The number of fused-ring (bicyclic) bond motifs is 3. The summed E-state index contributed by atoms with van der Waals surface area (Å²) in [7, 11) is 0. The first-order chi connectivity index (χ1) is 14.3. The lowest BCUT2D eigenvalue weighted by Crippen LogP contribution is -2.00. The quantitative estimate of drug-likeness (QED) is 0.473. The van der Waals surface area contributed by atoms with E-state index in [-0.39, 0.29) is 5.69 Å². The van der Waals surface area contributed by atoms with Crippen LogP contribution in [-0.2, 0) is 6.42 Å². The topological polar surface area (TPSA) is 65.4 Å². The van der Waals surface area contributed by atoms with Gasteiger partial charge in [-0.15, -0.1) is 0 Å². The van der Waals surface area contributed by atoms with Crippen LogP contribution in [0.15, 0.2) is 66.9 Å². The zero-order valence-electron chi connectivity index (χ0n) is 15.6. The number of aromatic nitrogens is 2. The predicted molar refractivity (Wildman–Crippen MR) is 113 cm³/mol. The molecule has 29 heavy (non-hydrogen) atoms. The summed E-state index contributed by atoms with van der Waals surface area (Å²) in [6.45, 7) is 0. The molecule has 4 heteroatoms. The normalized spacial score (nSPS) is 12.3. The minimum absolute atomic E-state index is 0.156. The van der Waals surface area contributed by atoms with Crippen LogP contribution in [0.2, 0.25) is 0 Å². The van der Waals surface area contributed by atoms with Crippen molar-refractivity contribution in [3.8, 4) is 29.0 Å². The molecule has 0 amide bonds. The molecule has 5 rings (SSSR count). The lowest BCUT2D eigenvalue weighted by Gasteiger charge is -2.13. The lowest BCUT2D eigenvalue weighted by atomic mass is 10.0. The van der Waals surface area contributed by atoms with Gasteiger partial charge in [-0.2, -0.15) is 10.5 Å². The van der Waals surface area contributed by atoms with Crippen LogP contribution >= 0.6 is 0 Å². The van der Waals surface area contributed by atoms with Gasteiger partial charge in [0.15, 0.2) is 5.69 Å². The monoisotopic (exact) mass is 372 g/mol. The van der Waals surface area contributed by atoms with Crippen LogP contribution in [-0.4, -0.2) is 9.55 Å². The van der Waals surface area contributed by atoms with Gasteiger partial charge in [0.2, 0.25) is 0 Å². The molecule has 0 bridgehead atoms. The number of hydrogen-bond acceptors (Lipinski definition) is 3. The highest BCUT2D eigenvalue weighted by molar-refractivity contribution is 5.91. The molecule has 2 heterocycles. The van der Waals surface area contributed by atoms with Gasteiger partial charge in [0.1, 0.15) is 12.1 Å². The average molecular weight is 372 g/mol. The van der Waals surface area contributed by atoms with Crippen LogP contribution in [0.1, 0.15) is 28.9 Å². The van der Waals surface area contributed by atoms with Crippen molar-refractivity contribution in [1.82, 2.24) is 9.55 Å². The van der Waals surface area contributed by atoms with Crippen molar-refractivity contribution < 1.29 is 0 Å². The summed E-state index contributed by atoms with van der Waals surface area (Å²) in [6, 6.07) is 22.5. The Morgan fingerprint density at radius 3 is 2.69 bits per heavy atom. The summed E-state index contributed by atoms with van der Waals surface area (Å²) in [4.78, 5) is 4.16. The smallest absolute Gasteiger partial charge is 0.158 e. The molecule has 0 saturated heterocycles. The Labute approximate surface area is 168 Å². The van der Waals surface area contributed by atoms with E-state index in [1.807, 2.05) is 18.2 Å². The molecule has 136 valence electrons. The van der Waals surface area contributed by atoms with Gasteiger partial charge in [0, 0.05) is 28.5 Å². The summed E-state index contributed by atoms with van der Waals surface area (Å²) in [5.41, 5.74) is 7.10. The second-order valence-electron chi connectivity index (χ2n) is 7.05. The molecule has 2 aromatic carbocycles. The van der Waals surface area contributed by atoms with E-state index in [0.29, 0.717) is 5.56 Å². The Morgan fingerprint density at radius 1 is 0.931 bits per heavy atom. The van der Waals surface area contributed by atoms with Crippen molar-refractivity contribution in [3.05, 3.63) is 89.4 Å². The van der Waals surface area contributed by atoms with E-state index < -0.39 is 0 Å². The Morgan fingerprint density at radius 2 is 1.83 bits per heavy atom. The predicted octanol–water partition coefficient (Wildman–Crippen LogP) is 5.40. The molecule has 0 radical (unpaired) electrons. The van der Waals surface area contributed by atoms with Crippen molar-refractivity contribution in [2.45, 2.75) is 12.8 Å². The molecule has 4 nitrogen and oxygen atoms in total. The molecule has 0 unspecified atom stereocenters. The molecule has 0 spiro atoms. The number of nitrogens with zero attached hydrogens (tertiary/aromatic N) is 4. The van der Waals surface area contributed by atoms with E-state index in [9.17, 15) is 5.26 Å². The largest absolute Gasteiger partial charge is 0.310 e. The van der Waals surface area contributed by atoms with Gasteiger partial charge in [0.25, 0.3) is 0 Å². The Balaban J connectivity index is 1.71. The van der Waals surface area contributed by atoms with E-state index in [1.165, 1.54) is 22.2 Å². The fraction of sp³-hybridized carbons (Fsp3) is 0.0800. The van der Waals surface area contributed by atoms with Crippen molar-refractivity contribution in [3.63, 3.8) is 0 Å². The molecular weight excluding hydrogens is 356 g/mol. The number of para-hydroxylation sites is 1. The highest BCUT2D eigenvalue weighted by Crippen LogP contribution is 2.34. The molecule has 0 N–H and O–H groups in total. The van der Waals surface area contributed by atoms with Crippen molar-refractivity contribution in [2.75, 3.05) is 0 Å². The fourth-order valence-corrected chi connectivity index (χ4v) is 4.09. The standard InChI is InChI=1S/C25H16N4/c26-14-18-12-19(16-28-23(18)15-27)17-6-5-7-20(13-17)29-24-10-3-1-8-21(24)22-9-2-4-11-25(22)29/h1,3-8,10-13,16H,2,9H2. The third kappa shape index (κ3) is 2.71. The lowest BCUT2D eigenvalue weighted by molar-refractivity contribution is 0.968. The maximum atomic E-state index is 9.32. The molecule has 1 aliphatic carbocycles. The number of pyridine rings is 1. The fourth-order valence-electron chi connectivity index (χ4n) is 4.09. The van der Waals surface area contributed by atoms with E-state index in [2.05, 4.69) is 64.2 Å². The van der Waals surface area contributed by atoms with Crippen molar-refractivity contribution in [2.24, 2.45) is 0 Å². The van der Waals surface area contributed by atoms with Crippen LogP contribution in [0.4, 0.5) is 0 Å². The van der Waals surface area contributed by atoms with Gasteiger partial charge in [0.05, 0.1) is 11.1 Å². The Hall–Kier alpha value is -4.15. The minimum atomic E-state index is 0.156. The highest BCUT2D eigenvalue weighted by Gasteiger charge is 2.18. The van der Waals surface area contributed by atoms with Crippen LogP contribution in [0, 0.1) is 22.7 Å². The number of rotatable bonds is 2. The third-order valence-electron chi connectivity index (χ3n) is 5.41. The molecule has 2 aromatic heterocycles. The summed E-state index contributed by atoms with van der Waals surface area (Å²) >= 11 is 0. The van der Waals surface area contributed by atoms with Gasteiger partial charge >= 0.3 is 0 Å². The summed E-state index contributed by atoms with van der Waals surface area (Å²) in [5.74, 6) is 0. The highest BCUT2D eigenvalue weighted by atomic mass is 15.0. The summed E-state index contributed by atoms with van der Waals surface area (Å²) < 4.78 is 2.30. The zero-order chi connectivity index (χ0) is 19.8. The van der Waals surface area contributed by atoms with Crippen LogP contribution < -0.4 is 0 Å². The molecule has 0 aliphatic heterocycles. The zero-order valence-corrected chi connectivity index (χ0v) is 15.6. The summed E-state index contributed by atoms with van der Waals surface area (Å²) in [6.07, 6.45) is 8.20. The van der Waals surface area contributed by atoms with Crippen molar-refractivity contribution >= 4 is 17.0 Å². The maximum Gasteiger partial charge on any atom is 0.158 e. The van der Waals surface area contributed by atoms with Crippen LogP contribution in [0.25, 0.3) is 33.8 Å². The molecule has 0 atom stereocenters. The second kappa shape index (κ2) is 6.78. The average Bonchev–Trinajstić information content (AvgIpc) is 3.13. The first kappa shape index (κ1) is 17.0. The van der Waals surface area contributed by atoms with E-state index in [1.54, 1.807) is 12.3 Å². The minimum Gasteiger partial charge on any atom is -0.310 e. The van der Waals surface area contributed by atoms with Gasteiger partial charge in [-0.3, -0.25) is 0 Å². The first-order valence-electron chi connectivity index (χ1n) is 9.50. The first-order valence-corrected chi connectivity index (χ1v) is 9.50. The van der Waals surface area contributed by atoms with Crippen LogP contribution in [0.3, 0.4) is 0 Å². The molecular formula is C25H16N4. The van der Waals surface area contributed by atoms with Gasteiger partial charge < -0.3 is 4.57 Å². The molecule has 0 fully saturated rings. The van der Waals surface area contributed by atoms with Crippen LogP contribution in [0.5, 0.6) is 0 Å². The van der Waals surface area contributed by atoms with Gasteiger partial charge in [-0.25, -0.2) is 4.98 Å². The molecule has 0 saturated carbocycles. The Bertz CT molecular complexity index is 1380. The Kier molecular flexibility index (Phi) is 3.97. The van der Waals surface area contributed by atoms with E-state index in [4.69, 9.17) is 5.26 Å². The number of benzene rings is 2. The number of hydrogen-bond donors (Lipinski definition) is 0. The SMILES string of the molecule is N#Cc1cc(-c2cccc(-n3c4c(c5ccccc53)CCC=C4)c2)cnc1C#N. The van der Waals surface area contributed by atoms with E-state index >= 15 is 0 Å². The van der Waals surface area contributed by atoms with Gasteiger partial charge in [-0.05, 0) is 54.3 Å². The maximum absolute atomic E-state index is 9.32. The number of allylic oxidation sites excluding steroid dienone is 1. The molecule has 1 aliphatic rings. The molecule has 4 aromatic rings. The van der Waals surface area contributed by atoms with E-state index in [0.717, 1.165) is 29.7 Å². The number of nitriles is 2. The van der Waals surface area contributed by atoms with Gasteiger partial charge in [-0.1, -0.05) is 36.4 Å². The third-order valence-corrected chi connectivity index (χ3v) is 5.41. The van der Waals surface area contributed by atoms with Crippen molar-refractivity contribution in [1.29, 1.82) is 10.5 Å². The summed E-state index contributed by atoms with van der Waals surface area (Å²) in [5, 5.41) is 19.7.